The van der Waals surface area contributed by atoms with E-state index in [-0.39, 0.29) is 24.4 Å². The maximum atomic E-state index is 10.6. The van der Waals surface area contributed by atoms with Gasteiger partial charge in [0.2, 0.25) is 0 Å². The molecule has 0 aliphatic carbocycles. The standard InChI is InChI=1S/C6H5ClO2S.C6H6S.Zn/c7-10(8,9)6-4-2-1-3-5-6;7-6-4-2-1-3-5-6;/h1-5H;1-5,7H;. The van der Waals surface area contributed by atoms with Gasteiger partial charge in [-0.15, -0.1) is 12.6 Å². The van der Waals surface area contributed by atoms with E-state index in [0.29, 0.717) is 0 Å². The Morgan fingerprint density at radius 2 is 1.22 bits per heavy atom. The van der Waals surface area contributed by atoms with Crippen LogP contribution in [-0.4, -0.2) is 8.42 Å². The van der Waals surface area contributed by atoms with Crippen molar-refractivity contribution >= 4 is 32.4 Å². The van der Waals surface area contributed by atoms with Crippen LogP contribution < -0.4 is 0 Å². The van der Waals surface area contributed by atoms with Gasteiger partial charge < -0.3 is 0 Å². The largest absolute Gasteiger partial charge is 0.261 e. The minimum absolute atomic E-state index is 0. The van der Waals surface area contributed by atoms with Crippen molar-refractivity contribution in [3.8, 4) is 0 Å². The molecule has 92 valence electrons. The summed E-state index contributed by atoms with van der Waals surface area (Å²) in [5.41, 5.74) is 0. The van der Waals surface area contributed by atoms with E-state index < -0.39 is 9.05 Å². The van der Waals surface area contributed by atoms with E-state index in [1.165, 1.54) is 12.1 Å². The smallest absolute Gasteiger partial charge is 0.207 e. The van der Waals surface area contributed by atoms with Crippen LogP contribution >= 0.6 is 23.3 Å². The van der Waals surface area contributed by atoms with Gasteiger partial charge in [0.1, 0.15) is 0 Å². The molecule has 0 radical (unpaired) electrons. The first-order valence-corrected chi connectivity index (χ1v) is 7.49. The van der Waals surface area contributed by atoms with Crippen LogP contribution in [0.25, 0.3) is 0 Å². The number of halogens is 1. The van der Waals surface area contributed by atoms with Crippen molar-refractivity contribution in [2.24, 2.45) is 0 Å². The third kappa shape index (κ3) is 7.17. The Balaban J connectivity index is 0.000000321. The molecule has 0 aliphatic rings. The van der Waals surface area contributed by atoms with Gasteiger partial charge in [-0.3, -0.25) is 0 Å². The zero-order valence-electron chi connectivity index (χ0n) is 9.53. The Morgan fingerprint density at radius 1 is 0.833 bits per heavy atom. The van der Waals surface area contributed by atoms with Crippen molar-refractivity contribution in [1.82, 2.24) is 0 Å². The van der Waals surface area contributed by atoms with Crippen LogP contribution in [0.2, 0.25) is 0 Å². The molecule has 0 saturated carbocycles. The van der Waals surface area contributed by atoms with Gasteiger partial charge >= 0.3 is 0 Å². The van der Waals surface area contributed by atoms with Gasteiger partial charge in [-0.25, -0.2) is 8.42 Å². The van der Waals surface area contributed by atoms with Crippen LogP contribution in [0, 0.1) is 0 Å². The molecular weight excluding hydrogens is 341 g/mol. The molecule has 2 nitrogen and oxygen atoms in total. The summed E-state index contributed by atoms with van der Waals surface area (Å²) in [5, 5.41) is 0. The van der Waals surface area contributed by atoms with Gasteiger partial charge in [0.25, 0.3) is 9.05 Å². The predicted octanol–water partition coefficient (Wildman–Crippen LogP) is 3.59. The van der Waals surface area contributed by atoms with Crippen molar-refractivity contribution in [1.29, 1.82) is 0 Å². The Labute approximate surface area is 130 Å². The number of rotatable bonds is 1. The van der Waals surface area contributed by atoms with Crippen LogP contribution in [0.5, 0.6) is 0 Å². The Kier molecular flexibility index (Phi) is 8.54. The Bertz CT molecular complexity index is 545. The molecule has 2 rings (SSSR count). The summed E-state index contributed by atoms with van der Waals surface area (Å²) < 4.78 is 21.2. The molecule has 0 saturated heterocycles. The molecule has 0 aliphatic heterocycles. The number of hydrogen-bond donors (Lipinski definition) is 1. The van der Waals surface area contributed by atoms with Crippen molar-refractivity contribution in [3.05, 3.63) is 60.7 Å². The Morgan fingerprint density at radius 3 is 1.44 bits per heavy atom. The van der Waals surface area contributed by atoms with E-state index in [1.807, 2.05) is 30.3 Å². The molecule has 2 aromatic rings. The van der Waals surface area contributed by atoms with E-state index in [1.54, 1.807) is 18.2 Å². The topological polar surface area (TPSA) is 34.1 Å². The molecule has 0 fully saturated rings. The fraction of sp³-hybridized carbons (Fsp3) is 0. The minimum atomic E-state index is -3.53. The minimum Gasteiger partial charge on any atom is -0.207 e. The zero-order valence-corrected chi connectivity index (χ0v) is 15.0. The zero-order chi connectivity index (χ0) is 12.7. The Hall–Kier alpha value is -0.347. The van der Waals surface area contributed by atoms with Crippen molar-refractivity contribution in [2.75, 3.05) is 0 Å². The van der Waals surface area contributed by atoms with Gasteiger partial charge in [0.15, 0.2) is 0 Å². The summed E-state index contributed by atoms with van der Waals surface area (Å²) in [7, 11) is 1.50. The maximum absolute atomic E-state index is 10.6. The maximum Gasteiger partial charge on any atom is 0.261 e. The molecule has 0 spiro atoms. The van der Waals surface area contributed by atoms with Crippen molar-refractivity contribution < 1.29 is 27.9 Å². The van der Waals surface area contributed by atoms with Crippen LogP contribution in [-0.2, 0) is 28.5 Å². The van der Waals surface area contributed by atoms with E-state index in [2.05, 4.69) is 12.6 Å². The van der Waals surface area contributed by atoms with Gasteiger partial charge in [-0.1, -0.05) is 36.4 Å². The van der Waals surface area contributed by atoms with Gasteiger partial charge in [-0.2, -0.15) is 0 Å². The van der Waals surface area contributed by atoms with Crippen LogP contribution in [0.15, 0.2) is 70.5 Å². The average molecular weight is 352 g/mol. The summed E-state index contributed by atoms with van der Waals surface area (Å²) in [5.74, 6) is 0. The summed E-state index contributed by atoms with van der Waals surface area (Å²) in [4.78, 5) is 1.15. The van der Waals surface area contributed by atoms with E-state index in [0.717, 1.165) is 4.90 Å². The summed E-state index contributed by atoms with van der Waals surface area (Å²) in [6.45, 7) is 0. The second-order valence-corrected chi connectivity index (χ2v) is 6.17. The molecule has 0 unspecified atom stereocenters. The van der Waals surface area contributed by atoms with Gasteiger partial charge in [0, 0.05) is 35.1 Å². The molecule has 6 heteroatoms. The van der Waals surface area contributed by atoms with E-state index in [9.17, 15) is 8.42 Å². The second-order valence-electron chi connectivity index (χ2n) is 3.09. The molecule has 2 aromatic carbocycles. The molecule has 0 bridgehead atoms. The first kappa shape index (κ1) is 17.7. The van der Waals surface area contributed by atoms with E-state index >= 15 is 0 Å². The second kappa shape index (κ2) is 8.70. The number of thiol groups is 1. The quantitative estimate of drug-likeness (QED) is 0.484. The third-order valence-corrected chi connectivity index (χ3v) is 3.45. The fourth-order valence-corrected chi connectivity index (χ4v) is 1.97. The van der Waals surface area contributed by atoms with Crippen LogP contribution in [0.3, 0.4) is 0 Å². The summed E-state index contributed by atoms with van der Waals surface area (Å²) in [6, 6.07) is 17.7. The molecular formula is C12H11ClO2S2Zn. The first-order chi connectivity index (χ1) is 8.00. The molecule has 0 heterocycles. The number of benzene rings is 2. The van der Waals surface area contributed by atoms with Gasteiger partial charge in [0.05, 0.1) is 4.90 Å². The summed E-state index contributed by atoms with van der Waals surface area (Å²) >= 11 is 4.08. The molecule has 0 atom stereocenters. The van der Waals surface area contributed by atoms with Gasteiger partial charge in [-0.05, 0) is 24.3 Å². The first-order valence-electron chi connectivity index (χ1n) is 4.74. The van der Waals surface area contributed by atoms with Crippen molar-refractivity contribution in [3.63, 3.8) is 0 Å². The average Bonchev–Trinajstić information content (AvgIpc) is 2.31. The molecule has 18 heavy (non-hydrogen) atoms. The molecule has 0 amide bonds. The SMILES string of the molecule is O=S(=O)(Cl)c1ccccc1.Sc1ccccc1.[Zn]. The fourth-order valence-electron chi connectivity index (χ4n) is 1.01. The number of hydrogen-bond acceptors (Lipinski definition) is 3. The van der Waals surface area contributed by atoms with E-state index in [4.69, 9.17) is 10.7 Å². The molecule has 0 aromatic heterocycles. The predicted molar refractivity (Wildman–Crippen MR) is 73.2 cm³/mol. The van der Waals surface area contributed by atoms with Crippen LogP contribution in [0.1, 0.15) is 0 Å². The van der Waals surface area contributed by atoms with Crippen LogP contribution in [0.4, 0.5) is 0 Å². The normalized spacial score (nSPS) is 9.67. The van der Waals surface area contributed by atoms with Crippen molar-refractivity contribution in [2.45, 2.75) is 9.79 Å². The summed E-state index contributed by atoms with van der Waals surface area (Å²) in [6.07, 6.45) is 0. The monoisotopic (exact) mass is 350 g/mol. The molecule has 0 N–H and O–H groups in total. The third-order valence-electron chi connectivity index (χ3n) is 1.78.